The van der Waals surface area contributed by atoms with Crippen LogP contribution in [-0.4, -0.2) is 10.8 Å². The van der Waals surface area contributed by atoms with E-state index in [4.69, 9.17) is 11.6 Å². The zero-order valence-electron chi connectivity index (χ0n) is 8.37. The Morgan fingerprint density at radius 2 is 2.06 bits per heavy atom. The highest BCUT2D eigenvalue weighted by molar-refractivity contribution is 6.19. The summed E-state index contributed by atoms with van der Waals surface area (Å²) in [7, 11) is 0. The summed E-state index contributed by atoms with van der Waals surface area (Å²) in [6, 6.07) is 2.37. The van der Waals surface area contributed by atoms with Crippen LogP contribution in [-0.2, 0) is 6.18 Å². The van der Waals surface area contributed by atoms with Crippen LogP contribution in [0, 0.1) is 10.1 Å². The number of halogens is 4. The molecule has 3 nitrogen and oxygen atoms in total. The molecule has 1 aromatic carbocycles. The summed E-state index contributed by atoms with van der Waals surface area (Å²) in [6.07, 6.45) is -2.15. The van der Waals surface area contributed by atoms with Crippen molar-refractivity contribution in [3.63, 3.8) is 0 Å². The fourth-order valence-electron chi connectivity index (χ4n) is 1.23. The average molecular weight is 266 g/mol. The predicted octanol–water partition coefficient (Wildman–Crippen LogP) is 3.87. The van der Waals surface area contributed by atoms with E-state index in [0.717, 1.165) is 18.2 Å². The highest BCUT2D eigenvalue weighted by atomic mass is 35.5. The molecule has 17 heavy (non-hydrogen) atoms. The Morgan fingerprint density at radius 3 is 2.53 bits per heavy atom. The first-order valence-electron chi connectivity index (χ1n) is 4.44. The van der Waals surface area contributed by atoms with Crippen LogP contribution in [0.3, 0.4) is 0 Å². The number of hydrogen-bond acceptors (Lipinski definition) is 2. The maximum absolute atomic E-state index is 12.6. The molecule has 0 aliphatic rings. The molecule has 1 aromatic rings. The van der Waals surface area contributed by atoms with Crippen LogP contribution < -0.4 is 0 Å². The molecule has 0 fully saturated rings. The molecule has 0 heterocycles. The van der Waals surface area contributed by atoms with Crippen molar-refractivity contribution in [2.45, 2.75) is 6.18 Å². The van der Waals surface area contributed by atoms with Crippen molar-refractivity contribution in [2.24, 2.45) is 0 Å². The third kappa shape index (κ3) is 3.45. The molecule has 0 aliphatic heterocycles. The number of nitro benzene ring substituents is 1. The predicted molar refractivity (Wildman–Crippen MR) is 57.9 cm³/mol. The van der Waals surface area contributed by atoms with Crippen LogP contribution in [0.25, 0.3) is 6.08 Å². The van der Waals surface area contributed by atoms with Crippen molar-refractivity contribution in [1.29, 1.82) is 0 Å². The van der Waals surface area contributed by atoms with Gasteiger partial charge in [0.05, 0.1) is 10.5 Å². The number of alkyl halides is 4. The van der Waals surface area contributed by atoms with Gasteiger partial charge >= 0.3 is 6.18 Å². The second-order valence-electron chi connectivity index (χ2n) is 3.08. The largest absolute Gasteiger partial charge is 0.416 e. The molecule has 0 unspecified atom stereocenters. The van der Waals surface area contributed by atoms with E-state index in [1.165, 1.54) is 6.08 Å². The Hall–Kier alpha value is -1.56. The summed E-state index contributed by atoms with van der Waals surface area (Å²) in [5.74, 6) is 0.0278. The first-order chi connectivity index (χ1) is 7.86. The van der Waals surface area contributed by atoms with E-state index in [1.807, 2.05) is 0 Å². The molecule has 0 N–H and O–H groups in total. The highest BCUT2D eigenvalue weighted by Gasteiger charge is 2.33. The van der Waals surface area contributed by atoms with Crippen LogP contribution in [0.5, 0.6) is 0 Å². The van der Waals surface area contributed by atoms with Crippen LogP contribution in [0.15, 0.2) is 24.3 Å². The van der Waals surface area contributed by atoms with Gasteiger partial charge in [0.15, 0.2) is 0 Å². The molecule has 0 saturated heterocycles. The standard InChI is InChI=1S/C10H7ClF3NO2/c11-5-1-2-7-6-8(15(16)17)3-4-9(7)10(12,13)14/h1-4,6H,5H2. The Kier molecular flexibility index (Phi) is 4.11. The highest BCUT2D eigenvalue weighted by Crippen LogP contribution is 2.34. The summed E-state index contributed by atoms with van der Waals surface area (Å²) in [6.45, 7) is 0. The molecule has 0 bridgehead atoms. The molecule has 0 atom stereocenters. The van der Waals surface area contributed by atoms with E-state index in [9.17, 15) is 23.3 Å². The maximum atomic E-state index is 12.6. The van der Waals surface area contributed by atoms with E-state index < -0.39 is 22.4 Å². The van der Waals surface area contributed by atoms with Gasteiger partial charge in [-0.25, -0.2) is 0 Å². The zero-order chi connectivity index (χ0) is 13.1. The van der Waals surface area contributed by atoms with Crippen molar-refractivity contribution in [3.05, 3.63) is 45.5 Å². The molecule has 0 aliphatic carbocycles. The van der Waals surface area contributed by atoms with Gasteiger partial charge in [0.1, 0.15) is 0 Å². The molecule has 7 heteroatoms. The van der Waals surface area contributed by atoms with E-state index in [1.54, 1.807) is 0 Å². The first-order valence-corrected chi connectivity index (χ1v) is 4.98. The van der Waals surface area contributed by atoms with Gasteiger partial charge in [0.2, 0.25) is 0 Å². The molecular weight excluding hydrogens is 259 g/mol. The molecule has 92 valence electrons. The Bertz CT molecular complexity index is 457. The lowest BCUT2D eigenvalue weighted by atomic mass is 10.1. The van der Waals surface area contributed by atoms with Crippen LogP contribution in [0.4, 0.5) is 18.9 Å². The third-order valence-corrected chi connectivity index (χ3v) is 2.12. The number of allylic oxidation sites excluding steroid dienone is 1. The summed E-state index contributed by atoms with van der Waals surface area (Å²) in [5.41, 5.74) is -1.59. The molecule has 1 rings (SSSR count). The third-order valence-electron chi connectivity index (χ3n) is 1.94. The lowest BCUT2D eigenvalue weighted by Crippen LogP contribution is -2.07. The maximum Gasteiger partial charge on any atom is 0.416 e. The summed E-state index contributed by atoms with van der Waals surface area (Å²) < 4.78 is 37.7. The minimum atomic E-state index is -4.55. The monoisotopic (exact) mass is 265 g/mol. The van der Waals surface area contributed by atoms with Crippen molar-refractivity contribution >= 4 is 23.4 Å². The second kappa shape index (κ2) is 5.18. The van der Waals surface area contributed by atoms with Crippen LogP contribution >= 0.6 is 11.6 Å². The average Bonchev–Trinajstić information content (AvgIpc) is 2.24. The van der Waals surface area contributed by atoms with E-state index in [-0.39, 0.29) is 11.4 Å². The summed E-state index contributed by atoms with van der Waals surface area (Å²) in [4.78, 5) is 9.71. The quantitative estimate of drug-likeness (QED) is 0.473. The van der Waals surface area contributed by atoms with Crippen molar-refractivity contribution in [3.8, 4) is 0 Å². The number of non-ortho nitro benzene ring substituents is 1. The van der Waals surface area contributed by atoms with Gasteiger partial charge in [-0.1, -0.05) is 12.2 Å². The number of benzene rings is 1. The number of nitro groups is 1. The van der Waals surface area contributed by atoms with Crippen molar-refractivity contribution in [2.75, 3.05) is 5.88 Å². The minimum absolute atomic E-state index is 0.0278. The topological polar surface area (TPSA) is 43.1 Å². The fraction of sp³-hybridized carbons (Fsp3) is 0.200. The SMILES string of the molecule is O=[N+]([O-])c1ccc(C(F)(F)F)c(C=CCCl)c1. The first kappa shape index (κ1) is 13.5. The number of hydrogen-bond donors (Lipinski definition) is 0. The van der Waals surface area contributed by atoms with Crippen molar-refractivity contribution in [1.82, 2.24) is 0 Å². The van der Waals surface area contributed by atoms with E-state index in [0.29, 0.717) is 6.07 Å². The van der Waals surface area contributed by atoms with Gasteiger partial charge in [-0.2, -0.15) is 13.2 Å². The van der Waals surface area contributed by atoms with E-state index in [2.05, 4.69) is 0 Å². The molecule has 0 aromatic heterocycles. The molecular formula is C10H7ClF3NO2. The molecule has 0 saturated carbocycles. The van der Waals surface area contributed by atoms with Crippen LogP contribution in [0.2, 0.25) is 0 Å². The van der Waals surface area contributed by atoms with E-state index >= 15 is 0 Å². The summed E-state index contributed by atoms with van der Waals surface area (Å²) in [5, 5.41) is 10.5. The van der Waals surface area contributed by atoms with Gasteiger partial charge in [-0.05, 0) is 11.6 Å². The summed E-state index contributed by atoms with van der Waals surface area (Å²) >= 11 is 5.32. The fourth-order valence-corrected chi connectivity index (χ4v) is 1.32. The lowest BCUT2D eigenvalue weighted by Gasteiger charge is -2.09. The van der Waals surface area contributed by atoms with Crippen molar-refractivity contribution < 1.29 is 18.1 Å². The zero-order valence-corrected chi connectivity index (χ0v) is 9.13. The minimum Gasteiger partial charge on any atom is -0.258 e. The number of rotatable bonds is 3. The normalized spacial score (nSPS) is 12.0. The molecule has 0 amide bonds. The Labute approximate surface area is 99.7 Å². The van der Waals surface area contributed by atoms with Gasteiger partial charge in [-0.15, -0.1) is 11.6 Å². The van der Waals surface area contributed by atoms with Gasteiger partial charge in [0.25, 0.3) is 5.69 Å². The number of nitrogens with zero attached hydrogens (tertiary/aromatic N) is 1. The van der Waals surface area contributed by atoms with Gasteiger partial charge in [-0.3, -0.25) is 10.1 Å². The van der Waals surface area contributed by atoms with Gasteiger partial charge < -0.3 is 0 Å². The Balaban J connectivity index is 3.31. The molecule has 0 radical (unpaired) electrons. The van der Waals surface area contributed by atoms with Gasteiger partial charge in [0, 0.05) is 18.0 Å². The smallest absolute Gasteiger partial charge is 0.258 e. The molecule has 0 spiro atoms. The van der Waals surface area contributed by atoms with Crippen LogP contribution in [0.1, 0.15) is 11.1 Å². The second-order valence-corrected chi connectivity index (χ2v) is 3.39. The lowest BCUT2D eigenvalue weighted by molar-refractivity contribution is -0.384. The Morgan fingerprint density at radius 1 is 1.41 bits per heavy atom.